The van der Waals surface area contributed by atoms with E-state index in [0.29, 0.717) is 5.56 Å². The molecule has 4 rings (SSSR count). The summed E-state index contributed by atoms with van der Waals surface area (Å²) in [7, 11) is 1.65. The number of ether oxygens (including phenoxy) is 1. The van der Waals surface area contributed by atoms with E-state index < -0.39 is 0 Å². The number of fused-ring (bicyclic) bond motifs is 1. The number of rotatable bonds is 5. The lowest BCUT2D eigenvalue weighted by Gasteiger charge is -2.10. The first-order chi connectivity index (χ1) is 14.2. The third-order valence-electron chi connectivity index (χ3n) is 4.81. The van der Waals surface area contributed by atoms with Crippen molar-refractivity contribution in [3.05, 3.63) is 95.8 Å². The van der Waals surface area contributed by atoms with Gasteiger partial charge < -0.3 is 9.30 Å². The average molecular weight is 383 g/mol. The number of hydrogen-bond acceptors (Lipinski definition) is 3. The van der Waals surface area contributed by atoms with Crippen LogP contribution in [0.3, 0.4) is 0 Å². The van der Waals surface area contributed by atoms with Gasteiger partial charge in [-0.05, 0) is 66.2 Å². The molecule has 0 aliphatic carbocycles. The van der Waals surface area contributed by atoms with Gasteiger partial charge in [0, 0.05) is 16.9 Å². The molecule has 3 aromatic carbocycles. The number of hydrazone groups is 1. The normalized spacial score (nSPS) is 11.1. The van der Waals surface area contributed by atoms with Crippen LogP contribution in [0.4, 0.5) is 0 Å². The molecule has 1 amide bonds. The highest BCUT2D eigenvalue weighted by Crippen LogP contribution is 2.19. The van der Waals surface area contributed by atoms with E-state index in [1.807, 2.05) is 79.7 Å². The van der Waals surface area contributed by atoms with Crippen molar-refractivity contribution in [3.8, 4) is 11.4 Å². The molecule has 144 valence electrons. The molecule has 5 nitrogen and oxygen atoms in total. The topological polar surface area (TPSA) is 55.6 Å². The highest BCUT2D eigenvalue weighted by molar-refractivity contribution is 5.98. The summed E-state index contributed by atoms with van der Waals surface area (Å²) in [6, 6.07) is 25.3. The van der Waals surface area contributed by atoms with Crippen LogP contribution in [0, 0.1) is 6.92 Å². The number of nitrogens with one attached hydrogen (secondary N) is 1. The molecule has 1 heterocycles. The molecule has 0 saturated carbocycles. The van der Waals surface area contributed by atoms with Crippen LogP contribution < -0.4 is 10.2 Å². The molecule has 0 unspecified atom stereocenters. The number of carbonyl (C=O) groups excluding carboxylic acids is 1. The molecule has 4 aromatic rings. The van der Waals surface area contributed by atoms with Crippen molar-refractivity contribution in [2.75, 3.05) is 7.11 Å². The smallest absolute Gasteiger partial charge is 0.271 e. The maximum Gasteiger partial charge on any atom is 0.271 e. The Bertz CT molecular complexity index is 1190. The van der Waals surface area contributed by atoms with Gasteiger partial charge in [-0.25, -0.2) is 5.43 Å². The van der Waals surface area contributed by atoms with E-state index in [1.165, 1.54) is 0 Å². The molecule has 1 aromatic heterocycles. The zero-order chi connectivity index (χ0) is 20.2. The molecule has 0 aliphatic heterocycles. The summed E-state index contributed by atoms with van der Waals surface area (Å²) in [5, 5.41) is 6.28. The first kappa shape index (κ1) is 18.5. The van der Waals surface area contributed by atoms with E-state index in [1.54, 1.807) is 19.4 Å². The highest BCUT2D eigenvalue weighted by Gasteiger charge is 2.08. The molecule has 0 bridgehead atoms. The Morgan fingerprint density at radius 1 is 0.966 bits per heavy atom. The molecular weight excluding hydrogens is 362 g/mol. The molecule has 5 heteroatoms. The summed E-state index contributed by atoms with van der Waals surface area (Å²) in [5.41, 5.74) is 6.12. The van der Waals surface area contributed by atoms with Crippen LogP contribution in [0.2, 0.25) is 0 Å². The van der Waals surface area contributed by atoms with Crippen LogP contribution in [-0.2, 0) is 0 Å². The van der Waals surface area contributed by atoms with E-state index in [4.69, 9.17) is 4.74 Å². The minimum absolute atomic E-state index is 0.244. The molecule has 0 aliphatic rings. The SMILES string of the molecule is COc1ccc(-n2c(C)ccc2/C=N/NC(=O)c2ccc3ccccc3c2)cc1. The van der Waals surface area contributed by atoms with Gasteiger partial charge in [-0.1, -0.05) is 30.3 Å². The lowest BCUT2D eigenvalue weighted by atomic mass is 10.1. The molecule has 0 atom stereocenters. The van der Waals surface area contributed by atoms with Gasteiger partial charge in [0.2, 0.25) is 0 Å². The van der Waals surface area contributed by atoms with Gasteiger partial charge in [-0.15, -0.1) is 0 Å². The van der Waals surface area contributed by atoms with Crippen LogP contribution >= 0.6 is 0 Å². The van der Waals surface area contributed by atoms with Crippen LogP contribution in [0.25, 0.3) is 16.5 Å². The van der Waals surface area contributed by atoms with Gasteiger partial charge in [-0.2, -0.15) is 5.10 Å². The van der Waals surface area contributed by atoms with Crippen molar-refractivity contribution >= 4 is 22.9 Å². The molecular formula is C24H21N3O2. The number of benzene rings is 3. The number of hydrogen-bond donors (Lipinski definition) is 1. The van der Waals surface area contributed by atoms with E-state index >= 15 is 0 Å². The molecule has 0 fully saturated rings. The zero-order valence-electron chi connectivity index (χ0n) is 16.3. The van der Waals surface area contributed by atoms with Gasteiger partial charge >= 0.3 is 0 Å². The van der Waals surface area contributed by atoms with Gasteiger partial charge in [-0.3, -0.25) is 4.79 Å². The fourth-order valence-electron chi connectivity index (χ4n) is 3.30. The predicted molar refractivity (Wildman–Crippen MR) is 116 cm³/mol. The lowest BCUT2D eigenvalue weighted by molar-refractivity contribution is 0.0955. The number of methoxy groups -OCH3 is 1. The second-order valence-electron chi connectivity index (χ2n) is 6.69. The van der Waals surface area contributed by atoms with Crippen molar-refractivity contribution in [3.63, 3.8) is 0 Å². The van der Waals surface area contributed by atoms with Crippen molar-refractivity contribution < 1.29 is 9.53 Å². The maximum atomic E-state index is 12.5. The predicted octanol–water partition coefficient (Wildman–Crippen LogP) is 4.71. The summed E-state index contributed by atoms with van der Waals surface area (Å²) in [6.45, 7) is 2.02. The van der Waals surface area contributed by atoms with E-state index in [-0.39, 0.29) is 5.91 Å². The third kappa shape index (κ3) is 3.89. The van der Waals surface area contributed by atoms with E-state index in [0.717, 1.165) is 33.6 Å². The first-order valence-electron chi connectivity index (χ1n) is 9.31. The van der Waals surface area contributed by atoms with Gasteiger partial charge in [0.15, 0.2) is 0 Å². The van der Waals surface area contributed by atoms with Crippen molar-refractivity contribution in [2.45, 2.75) is 6.92 Å². The van der Waals surface area contributed by atoms with Crippen molar-refractivity contribution in [1.82, 2.24) is 9.99 Å². The minimum atomic E-state index is -0.244. The van der Waals surface area contributed by atoms with E-state index in [9.17, 15) is 4.79 Å². The Kier molecular flexibility index (Phi) is 5.12. The van der Waals surface area contributed by atoms with Gasteiger partial charge in [0.05, 0.1) is 19.0 Å². The molecule has 0 radical (unpaired) electrons. The summed E-state index contributed by atoms with van der Waals surface area (Å²) >= 11 is 0. The average Bonchev–Trinajstić information content (AvgIpc) is 3.13. The number of amides is 1. The van der Waals surface area contributed by atoms with Crippen LogP contribution in [-0.4, -0.2) is 23.8 Å². The first-order valence-corrected chi connectivity index (χ1v) is 9.31. The van der Waals surface area contributed by atoms with Crippen LogP contribution in [0.1, 0.15) is 21.7 Å². The molecule has 0 spiro atoms. The molecule has 0 saturated heterocycles. The van der Waals surface area contributed by atoms with Crippen LogP contribution in [0.15, 0.2) is 84.0 Å². The Labute approximate surface area is 169 Å². The summed E-state index contributed by atoms with van der Waals surface area (Å²) < 4.78 is 7.28. The number of nitrogens with zero attached hydrogens (tertiary/aromatic N) is 2. The number of carbonyl (C=O) groups is 1. The fourth-order valence-corrected chi connectivity index (χ4v) is 3.30. The monoisotopic (exact) mass is 383 g/mol. The quantitative estimate of drug-likeness (QED) is 0.401. The van der Waals surface area contributed by atoms with Gasteiger partial charge in [0.25, 0.3) is 5.91 Å². The number of aromatic nitrogens is 1. The van der Waals surface area contributed by atoms with Gasteiger partial charge in [0.1, 0.15) is 5.75 Å². The Balaban J connectivity index is 1.52. The summed E-state index contributed by atoms with van der Waals surface area (Å²) in [4.78, 5) is 12.5. The summed E-state index contributed by atoms with van der Waals surface area (Å²) in [5.74, 6) is 0.558. The standard InChI is InChI=1S/C24H21N3O2/c1-17-7-10-22(27(17)21-11-13-23(29-2)14-12-21)16-25-26-24(28)20-9-8-18-5-3-4-6-19(18)15-20/h3-16H,1-2H3,(H,26,28)/b25-16+. The third-order valence-corrected chi connectivity index (χ3v) is 4.81. The zero-order valence-corrected chi connectivity index (χ0v) is 16.3. The maximum absolute atomic E-state index is 12.5. The lowest BCUT2D eigenvalue weighted by Crippen LogP contribution is -2.17. The fraction of sp³-hybridized carbons (Fsp3) is 0.0833. The van der Waals surface area contributed by atoms with Crippen molar-refractivity contribution in [1.29, 1.82) is 0 Å². The molecule has 29 heavy (non-hydrogen) atoms. The largest absolute Gasteiger partial charge is 0.497 e. The Morgan fingerprint density at radius 2 is 1.72 bits per heavy atom. The number of aryl methyl sites for hydroxylation is 1. The second kappa shape index (κ2) is 8.02. The second-order valence-corrected chi connectivity index (χ2v) is 6.69. The van der Waals surface area contributed by atoms with E-state index in [2.05, 4.69) is 15.1 Å². The Morgan fingerprint density at radius 3 is 2.48 bits per heavy atom. The Hall–Kier alpha value is -3.86. The van der Waals surface area contributed by atoms with Crippen molar-refractivity contribution in [2.24, 2.45) is 5.10 Å². The molecule has 1 N–H and O–H groups in total. The summed E-state index contributed by atoms with van der Waals surface area (Å²) in [6.07, 6.45) is 1.65. The minimum Gasteiger partial charge on any atom is -0.497 e. The van der Waals surface area contributed by atoms with Crippen LogP contribution in [0.5, 0.6) is 5.75 Å². The highest BCUT2D eigenvalue weighted by atomic mass is 16.5.